The molecular weight excluding hydrogens is 455 g/mol. The Morgan fingerprint density at radius 1 is 0.879 bits per heavy atom. The van der Waals surface area contributed by atoms with E-state index in [1.165, 1.54) is 0 Å². The number of amides is 2. The Balaban J connectivity index is 1.98. The number of benzene rings is 3. The molecule has 0 aromatic heterocycles. The summed E-state index contributed by atoms with van der Waals surface area (Å²) in [5, 5.41) is 3.77. The van der Waals surface area contributed by atoms with Crippen molar-refractivity contribution in [2.24, 2.45) is 0 Å². The maximum Gasteiger partial charge on any atom is 0.243 e. The molecule has 0 fully saturated rings. The predicted molar refractivity (Wildman–Crippen MR) is 135 cm³/mol. The van der Waals surface area contributed by atoms with Gasteiger partial charge in [-0.3, -0.25) is 9.59 Å². The van der Waals surface area contributed by atoms with Crippen LogP contribution < -0.4 is 5.32 Å². The molecule has 0 spiro atoms. The minimum atomic E-state index is -0.678. The second kappa shape index (κ2) is 11.9. The molecule has 0 bridgehead atoms. The van der Waals surface area contributed by atoms with Gasteiger partial charge in [0.25, 0.3) is 0 Å². The quantitative estimate of drug-likeness (QED) is 0.430. The largest absolute Gasteiger partial charge is 0.355 e. The van der Waals surface area contributed by atoms with Gasteiger partial charge in [0, 0.05) is 29.6 Å². The highest BCUT2D eigenvalue weighted by atomic mass is 35.5. The lowest BCUT2D eigenvalue weighted by Gasteiger charge is -2.32. The number of rotatable bonds is 9. The zero-order valence-corrected chi connectivity index (χ0v) is 20.4. The van der Waals surface area contributed by atoms with Gasteiger partial charge in [0.1, 0.15) is 6.04 Å². The highest BCUT2D eigenvalue weighted by Gasteiger charge is 2.30. The number of nitrogens with one attached hydrogen (secondary N) is 1. The van der Waals surface area contributed by atoms with Gasteiger partial charge in [0.05, 0.1) is 6.42 Å². The minimum absolute atomic E-state index is 0.00899. The van der Waals surface area contributed by atoms with E-state index in [0.717, 1.165) is 16.7 Å². The summed E-state index contributed by atoms with van der Waals surface area (Å²) in [6.45, 7) is 4.66. The van der Waals surface area contributed by atoms with Crippen LogP contribution in [0.4, 0.5) is 0 Å². The first-order valence-corrected chi connectivity index (χ1v) is 11.7. The second-order valence-electron chi connectivity index (χ2n) is 7.98. The fourth-order valence-corrected chi connectivity index (χ4v) is 4.22. The smallest absolute Gasteiger partial charge is 0.243 e. The summed E-state index contributed by atoms with van der Waals surface area (Å²) in [5.74, 6) is -0.398. The number of hydrogen-bond acceptors (Lipinski definition) is 2. The maximum atomic E-state index is 13.7. The Morgan fingerprint density at radius 3 is 2.12 bits per heavy atom. The summed E-state index contributed by atoms with van der Waals surface area (Å²) < 4.78 is 0. The third kappa shape index (κ3) is 6.83. The van der Waals surface area contributed by atoms with Crippen molar-refractivity contribution in [2.75, 3.05) is 6.54 Å². The van der Waals surface area contributed by atoms with E-state index in [0.29, 0.717) is 35.1 Å². The zero-order chi connectivity index (χ0) is 23.8. The summed E-state index contributed by atoms with van der Waals surface area (Å²) in [7, 11) is 0. The summed E-state index contributed by atoms with van der Waals surface area (Å²) >= 11 is 12.7. The molecule has 0 aliphatic carbocycles. The molecule has 1 N–H and O–H groups in total. The van der Waals surface area contributed by atoms with E-state index >= 15 is 0 Å². The number of aryl methyl sites for hydroxylation is 1. The zero-order valence-electron chi connectivity index (χ0n) is 18.9. The van der Waals surface area contributed by atoms with Gasteiger partial charge in [-0.1, -0.05) is 89.4 Å². The first-order valence-electron chi connectivity index (χ1n) is 11.0. The van der Waals surface area contributed by atoms with E-state index in [-0.39, 0.29) is 18.2 Å². The minimum Gasteiger partial charge on any atom is -0.355 e. The van der Waals surface area contributed by atoms with Crippen LogP contribution in [-0.4, -0.2) is 29.3 Å². The van der Waals surface area contributed by atoms with Gasteiger partial charge in [-0.25, -0.2) is 0 Å². The topological polar surface area (TPSA) is 49.4 Å². The molecular formula is C27H28Cl2N2O2. The van der Waals surface area contributed by atoms with Crippen LogP contribution in [0.5, 0.6) is 0 Å². The second-order valence-corrected chi connectivity index (χ2v) is 8.80. The van der Waals surface area contributed by atoms with Crippen LogP contribution in [0.2, 0.25) is 10.0 Å². The van der Waals surface area contributed by atoms with E-state index in [1.54, 1.807) is 23.1 Å². The molecule has 4 nitrogen and oxygen atoms in total. The molecule has 0 aliphatic rings. The van der Waals surface area contributed by atoms with Crippen LogP contribution in [0.25, 0.3) is 0 Å². The number of halogens is 2. The van der Waals surface area contributed by atoms with E-state index in [9.17, 15) is 9.59 Å². The van der Waals surface area contributed by atoms with Gasteiger partial charge in [-0.05, 0) is 42.7 Å². The lowest BCUT2D eigenvalue weighted by molar-refractivity contribution is -0.140. The molecule has 0 saturated carbocycles. The maximum absolute atomic E-state index is 13.7. The first kappa shape index (κ1) is 24.8. The fourth-order valence-electron chi connectivity index (χ4n) is 3.69. The number of carbonyl (C=O) groups excluding carboxylic acids is 2. The van der Waals surface area contributed by atoms with Gasteiger partial charge in [0.2, 0.25) is 11.8 Å². The average Bonchev–Trinajstić information content (AvgIpc) is 2.80. The van der Waals surface area contributed by atoms with E-state index < -0.39 is 6.04 Å². The van der Waals surface area contributed by atoms with Crippen LogP contribution in [0, 0.1) is 6.92 Å². The Morgan fingerprint density at radius 2 is 1.52 bits per heavy atom. The monoisotopic (exact) mass is 482 g/mol. The predicted octanol–water partition coefficient (Wildman–Crippen LogP) is 5.62. The molecule has 0 heterocycles. The van der Waals surface area contributed by atoms with Gasteiger partial charge < -0.3 is 10.2 Å². The molecule has 0 aliphatic heterocycles. The number of nitrogens with zero attached hydrogens (tertiary/aromatic N) is 1. The highest BCUT2D eigenvalue weighted by molar-refractivity contribution is 6.36. The lowest BCUT2D eigenvalue weighted by atomic mass is 10.0. The summed E-state index contributed by atoms with van der Waals surface area (Å²) in [6.07, 6.45) is 0.412. The van der Waals surface area contributed by atoms with Crippen molar-refractivity contribution in [2.45, 2.75) is 39.3 Å². The molecule has 0 unspecified atom stereocenters. The molecule has 3 rings (SSSR count). The van der Waals surface area contributed by atoms with Crippen molar-refractivity contribution in [3.63, 3.8) is 0 Å². The van der Waals surface area contributed by atoms with Crippen LogP contribution in [0.3, 0.4) is 0 Å². The number of hydrogen-bond donors (Lipinski definition) is 1. The summed E-state index contributed by atoms with van der Waals surface area (Å²) in [5.41, 5.74) is 3.62. The fraction of sp³-hybridized carbons (Fsp3) is 0.259. The Bertz CT molecular complexity index is 1060. The average molecular weight is 483 g/mol. The molecule has 3 aromatic carbocycles. The van der Waals surface area contributed by atoms with Gasteiger partial charge >= 0.3 is 0 Å². The lowest BCUT2D eigenvalue weighted by Crippen LogP contribution is -2.51. The third-order valence-corrected chi connectivity index (χ3v) is 6.19. The van der Waals surface area contributed by atoms with E-state index in [2.05, 4.69) is 5.32 Å². The summed E-state index contributed by atoms with van der Waals surface area (Å²) in [6, 6.07) is 22.2. The van der Waals surface area contributed by atoms with Gasteiger partial charge in [-0.15, -0.1) is 0 Å². The number of carbonyl (C=O) groups is 2. The van der Waals surface area contributed by atoms with Crippen molar-refractivity contribution in [1.29, 1.82) is 0 Å². The first-order chi connectivity index (χ1) is 15.9. The van der Waals surface area contributed by atoms with Crippen molar-refractivity contribution in [3.8, 4) is 0 Å². The molecule has 172 valence electrons. The number of likely N-dealkylation sites (N-methyl/N-ethyl adjacent to an activating group) is 1. The molecule has 6 heteroatoms. The SMILES string of the molecule is CCNC(=O)[C@H](Cc1ccccc1)N(Cc1ccc(C)cc1)C(=O)Cc1c(Cl)cccc1Cl. The molecule has 2 amide bonds. The Labute approximate surface area is 205 Å². The molecule has 33 heavy (non-hydrogen) atoms. The molecule has 0 saturated heterocycles. The highest BCUT2D eigenvalue weighted by Crippen LogP contribution is 2.26. The van der Waals surface area contributed by atoms with Crippen molar-refractivity contribution in [3.05, 3.63) is 105 Å². The normalized spacial score (nSPS) is 11.6. The standard InChI is InChI=1S/C27H28Cl2N2O2/c1-3-30-27(33)25(16-20-8-5-4-6-9-20)31(18-21-14-12-19(2)13-15-21)26(32)17-22-23(28)10-7-11-24(22)29/h4-15,25H,3,16-18H2,1-2H3,(H,30,33)/t25-/m0/s1. The van der Waals surface area contributed by atoms with E-state index in [1.807, 2.05) is 68.4 Å². The summed E-state index contributed by atoms with van der Waals surface area (Å²) in [4.78, 5) is 28.5. The Hall–Kier alpha value is -2.82. The van der Waals surface area contributed by atoms with Crippen LogP contribution in [0.1, 0.15) is 29.2 Å². The van der Waals surface area contributed by atoms with Crippen LogP contribution >= 0.6 is 23.2 Å². The van der Waals surface area contributed by atoms with Gasteiger partial charge in [0.15, 0.2) is 0 Å². The van der Waals surface area contributed by atoms with Crippen molar-refractivity contribution in [1.82, 2.24) is 10.2 Å². The van der Waals surface area contributed by atoms with E-state index in [4.69, 9.17) is 23.2 Å². The molecule has 1 atom stereocenters. The molecule has 3 aromatic rings. The Kier molecular flexibility index (Phi) is 8.93. The van der Waals surface area contributed by atoms with Crippen LogP contribution in [-0.2, 0) is 29.0 Å². The molecule has 0 radical (unpaired) electrons. The van der Waals surface area contributed by atoms with Crippen LogP contribution in [0.15, 0.2) is 72.8 Å². The van der Waals surface area contributed by atoms with Crippen molar-refractivity contribution >= 4 is 35.0 Å². The van der Waals surface area contributed by atoms with Gasteiger partial charge in [-0.2, -0.15) is 0 Å². The van der Waals surface area contributed by atoms with Crippen molar-refractivity contribution < 1.29 is 9.59 Å². The third-order valence-electron chi connectivity index (χ3n) is 5.49.